The quantitative estimate of drug-likeness (QED) is 0.891. The van der Waals surface area contributed by atoms with Crippen molar-refractivity contribution >= 4 is 21.8 Å². The van der Waals surface area contributed by atoms with Crippen LogP contribution in [0.4, 0.5) is 0 Å². The molecule has 1 heterocycles. The fourth-order valence-corrected chi connectivity index (χ4v) is 2.68. The lowest BCUT2D eigenvalue weighted by Gasteiger charge is -2.09. The summed E-state index contributed by atoms with van der Waals surface area (Å²) in [5.74, 6) is -0.0221. The van der Waals surface area contributed by atoms with Gasteiger partial charge in [-0.05, 0) is 53.4 Å². The number of hydrogen-bond donors (Lipinski definition) is 1. The van der Waals surface area contributed by atoms with E-state index in [1.165, 1.54) is 11.1 Å². The van der Waals surface area contributed by atoms with E-state index >= 15 is 0 Å². The van der Waals surface area contributed by atoms with Gasteiger partial charge < -0.3 is 9.88 Å². The molecule has 2 rings (SSSR count). The van der Waals surface area contributed by atoms with E-state index in [-0.39, 0.29) is 5.91 Å². The van der Waals surface area contributed by atoms with Crippen LogP contribution in [-0.2, 0) is 13.0 Å². The van der Waals surface area contributed by atoms with E-state index in [0.717, 1.165) is 17.4 Å². The summed E-state index contributed by atoms with van der Waals surface area (Å²) in [5, 5.41) is 2.98. The van der Waals surface area contributed by atoms with Gasteiger partial charge in [-0.15, -0.1) is 0 Å². The van der Waals surface area contributed by atoms with Crippen LogP contribution < -0.4 is 5.32 Å². The highest BCUT2D eigenvalue weighted by atomic mass is 79.9. The standard InChI is InChI=1S/C16H19BrN2O/c1-3-19-11-14(17)10-15(19)16(20)18-9-8-13-7-5-4-6-12(13)2/h4-7,10-11H,3,8-9H2,1-2H3,(H,18,20). The molecule has 0 saturated heterocycles. The predicted octanol–water partition coefficient (Wildman–Crippen LogP) is 3.55. The number of benzene rings is 1. The van der Waals surface area contributed by atoms with Gasteiger partial charge >= 0.3 is 0 Å². The van der Waals surface area contributed by atoms with Crippen LogP contribution in [0.25, 0.3) is 0 Å². The molecule has 0 atom stereocenters. The second-order valence-electron chi connectivity index (χ2n) is 4.76. The van der Waals surface area contributed by atoms with Crippen molar-refractivity contribution in [2.24, 2.45) is 0 Å². The van der Waals surface area contributed by atoms with Crippen LogP contribution in [0.5, 0.6) is 0 Å². The summed E-state index contributed by atoms with van der Waals surface area (Å²) in [6.45, 7) is 5.55. The average molecular weight is 335 g/mol. The Morgan fingerprint density at radius 2 is 2.10 bits per heavy atom. The van der Waals surface area contributed by atoms with Crippen LogP contribution in [0.15, 0.2) is 41.0 Å². The van der Waals surface area contributed by atoms with Crippen molar-refractivity contribution in [2.45, 2.75) is 26.8 Å². The van der Waals surface area contributed by atoms with E-state index in [1.54, 1.807) is 0 Å². The van der Waals surface area contributed by atoms with Gasteiger partial charge in [-0.1, -0.05) is 24.3 Å². The van der Waals surface area contributed by atoms with Crippen molar-refractivity contribution in [1.82, 2.24) is 9.88 Å². The summed E-state index contributed by atoms with van der Waals surface area (Å²) < 4.78 is 2.87. The molecule has 1 aromatic heterocycles. The Balaban J connectivity index is 1.94. The minimum absolute atomic E-state index is 0.0221. The highest BCUT2D eigenvalue weighted by molar-refractivity contribution is 9.10. The van der Waals surface area contributed by atoms with Crippen molar-refractivity contribution in [1.29, 1.82) is 0 Å². The normalized spacial score (nSPS) is 10.6. The topological polar surface area (TPSA) is 34.0 Å². The maximum absolute atomic E-state index is 12.2. The molecule has 0 spiro atoms. The number of nitrogens with zero attached hydrogens (tertiary/aromatic N) is 1. The lowest BCUT2D eigenvalue weighted by Crippen LogP contribution is -2.27. The summed E-state index contributed by atoms with van der Waals surface area (Å²) >= 11 is 3.41. The summed E-state index contributed by atoms with van der Waals surface area (Å²) in [6, 6.07) is 10.1. The fourth-order valence-electron chi connectivity index (χ4n) is 2.22. The van der Waals surface area contributed by atoms with Crippen LogP contribution in [0.2, 0.25) is 0 Å². The van der Waals surface area contributed by atoms with E-state index in [0.29, 0.717) is 12.2 Å². The number of aromatic nitrogens is 1. The first kappa shape index (κ1) is 14.9. The second-order valence-corrected chi connectivity index (χ2v) is 5.68. The summed E-state index contributed by atoms with van der Waals surface area (Å²) in [6.07, 6.45) is 2.78. The first-order chi connectivity index (χ1) is 9.61. The Kier molecular flexibility index (Phi) is 5.01. The zero-order valence-corrected chi connectivity index (χ0v) is 13.4. The number of aryl methyl sites for hydroxylation is 2. The van der Waals surface area contributed by atoms with Gasteiger partial charge in [0, 0.05) is 23.8 Å². The maximum atomic E-state index is 12.2. The van der Waals surface area contributed by atoms with Gasteiger partial charge in [0.05, 0.1) is 0 Å². The number of hydrogen-bond acceptors (Lipinski definition) is 1. The van der Waals surface area contributed by atoms with Crippen molar-refractivity contribution in [3.8, 4) is 0 Å². The smallest absolute Gasteiger partial charge is 0.267 e. The average Bonchev–Trinajstić information content (AvgIpc) is 2.82. The molecule has 0 aliphatic heterocycles. The molecule has 1 N–H and O–H groups in total. The Morgan fingerprint density at radius 1 is 1.35 bits per heavy atom. The molecule has 1 amide bonds. The Morgan fingerprint density at radius 3 is 2.80 bits per heavy atom. The SMILES string of the molecule is CCn1cc(Br)cc1C(=O)NCCc1ccccc1C. The van der Waals surface area contributed by atoms with Gasteiger partial charge in [-0.3, -0.25) is 4.79 Å². The predicted molar refractivity (Wildman–Crippen MR) is 85.0 cm³/mol. The van der Waals surface area contributed by atoms with Gasteiger partial charge in [-0.25, -0.2) is 0 Å². The second kappa shape index (κ2) is 6.75. The Hall–Kier alpha value is -1.55. The van der Waals surface area contributed by atoms with Crippen molar-refractivity contribution in [2.75, 3.05) is 6.54 Å². The largest absolute Gasteiger partial charge is 0.350 e. The number of carbonyl (C=O) groups excluding carboxylic acids is 1. The molecule has 1 aromatic carbocycles. The molecule has 3 nitrogen and oxygen atoms in total. The highest BCUT2D eigenvalue weighted by Gasteiger charge is 2.11. The van der Waals surface area contributed by atoms with Gasteiger partial charge in [0.15, 0.2) is 0 Å². The molecule has 0 radical (unpaired) electrons. The summed E-state index contributed by atoms with van der Waals surface area (Å²) in [5.41, 5.74) is 3.24. The number of amides is 1. The van der Waals surface area contributed by atoms with E-state index in [4.69, 9.17) is 0 Å². The molecule has 20 heavy (non-hydrogen) atoms. The number of rotatable bonds is 5. The van der Waals surface area contributed by atoms with E-state index in [2.05, 4.69) is 40.3 Å². The van der Waals surface area contributed by atoms with Gasteiger partial charge in [0.1, 0.15) is 5.69 Å². The number of carbonyl (C=O) groups is 1. The monoisotopic (exact) mass is 334 g/mol. The first-order valence-electron chi connectivity index (χ1n) is 6.80. The van der Waals surface area contributed by atoms with Crippen LogP contribution in [0.3, 0.4) is 0 Å². The minimum Gasteiger partial charge on any atom is -0.350 e. The molecule has 0 aliphatic rings. The molecule has 106 valence electrons. The lowest BCUT2D eigenvalue weighted by molar-refractivity contribution is 0.0945. The third kappa shape index (κ3) is 3.51. The van der Waals surface area contributed by atoms with Gasteiger partial charge in [-0.2, -0.15) is 0 Å². The van der Waals surface area contributed by atoms with Crippen molar-refractivity contribution in [3.05, 3.63) is 57.8 Å². The molecule has 0 aliphatic carbocycles. The molecule has 4 heteroatoms. The zero-order chi connectivity index (χ0) is 14.5. The summed E-state index contributed by atoms with van der Waals surface area (Å²) in [4.78, 5) is 12.2. The summed E-state index contributed by atoms with van der Waals surface area (Å²) in [7, 11) is 0. The van der Waals surface area contributed by atoms with Crippen LogP contribution in [0.1, 0.15) is 28.5 Å². The minimum atomic E-state index is -0.0221. The lowest BCUT2D eigenvalue weighted by atomic mass is 10.1. The Labute approximate surface area is 128 Å². The zero-order valence-electron chi connectivity index (χ0n) is 11.8. The fraction of sp³-hybridized carbons (Fsp3) is 0.312. The van der Waals surface area contributed by atoms with Crippen molar-refractivity contribution < 1.29 is 4.79 Å². The maximum Gasteiger partial charge on any atom is 0.267 e. The molecule has 0 fully saturated rings. The van der Waals surface area contributed by atoms with E-state index < -0.39 is 0 Å². The molecular formula is C16H19BrN2O. The molecule has 0 unspecified atom stereocenters. The van der Waals surface area contributed by atoms with E-state index in [9.17, 15) is 4.79 Å². The Bertz CT molecular complexity index is 604. The first-order valence-corrected chi connectivity index (χ1v) is 7.59. The van der Waals surface area contributed by atoms with E-state index in [1.807, 2.05) is 35.9 Å². The third-order valence-corrected chi connectivity index (χ3v) is 3.81. The molecular weight excluding hydrogens is 316 g/mol. The number of nitrogens with one attached hydrogen (secondary N) is 1. The van der Waals surface area contributed by atoms with Crippen LogP contribution >= 0.6 is 15.9 Å². The van der Waals surface area contributed by atoms with Crippen LogP contribution in [0, 0.1) is 6.92 Å². The number of halogens is 1. The van der Waals surface area contributed by atoms with Crippen LogP contribution in [-0.4, -0.2) is 17.0 Å². The van der Waals surface area contributed by atoms with Gasteiger partial charge in [0.2, 0.25) is 0 Å². The third-order valence-electron chi connectivity index (χ3n) is 3.38. The van der Waals surface area contributed by atoms with Gasteiger partial charge in [0.25, 0.3) is 5.91 Å². The molecule has 2 aromatic rings. The van der Waals surface area contributed by atoms with Crippen molar-refractivity contribution in [3.63, 3.8) is 0 Å². The highest BCUT2D eigenvalue weighted by Crippen LogP contribution is 2.15. The molecule has 0 saturated carbocycles. The molecule has 0 bridgehead atoms.